The lowest BCUT2D eigenvalue weighted by atomic mass is 9.93. The van der Waals surface area contributed by atoms with E-state index < -0.39 is 0 Å². The first-order chi connectivity index (χ1) is 13.7. The maximum atomic E-state index is 13.4. The zero-order valence-electron chi connectivity index (χ0n) is 16.1. The van der Waals surface area contributed by atoms with Crippen molar-refractivity contribution >= 4 is 17.3 Å². The average Bonchev–Trinajstić information content (AvgIpc) is 3.01. The van der Waals surface area contributed by atoms with Crippen LogP contribution in [0.5, 0.6) is 11.5 Å². The van der Waals surface area contributed by atoms with Gasteiger partial charge >= 0.3 is 0 Å². The Balaban J connectivity index is 1.68. The van der Waals surface area contributed by atoms with Crippen LogP contribution in [0.4, 0.5) is 11.4 Å². The summed E-state index contributed by atoms with van der Waals surface area (Å²) in [5.41, 5.74) is 3.96. The molecule has 0 N–H and O–H groups in total. The Morgan fingerprint density at radius 2 is 1.68 bits per heavy atom. The number of methoxy groups -OCH3 is 1. The maximum Gasteiger partial charge on any atom is 0.239 e. The van der Waals surface area contributed by atoms with Crippen molar-refractivity contribution in [3.05, 3.63) is 83.9 Å². The minimum Gasteiger partial charge on any atom is -0.493 e. The van der Waals surface area contributed by atoms with Gasteiger partial charge in [-0.05, 0) is 54.8 Å². The molecular weight excluding hydrogens is 350 g/mol. The number of amides is 1. The predicted octanol–water partition coefficient (Wildman–Crippen LogP) is 5.10. The minimum absolute atomic E-state index is 0.0975. The highest BCUT2D eigenvalue weighted by Crippen LogP contribution is 2.43. The Labute approximate surface area is 165 Å². The summed E-state index contributed by atoms with van der Waals surface area (Å²) >= 11 is 0. The van der Waals surface area contributed by atoms with Gasteiger partial charge in [0, 0.05) is 5.69 Å². The largest absolute Gasteiger partial charge is 0.493 e. The number of benzene rings is 3. The van der Waals surface area contributed by atoms with Crippen LogP contribution in [0, 0.1) is 0 Å². The summed E-state index contributed by atoms with van der Waals surface area (Å²) in [6.45, 7) is 2.52. The molecule has 3 aromatic carbocycles. The van der Waals surface area contributed by atoms with Gasteiger partial charge in [-0.1, -0.05) is 42.5 Å². The third kappa shape index (κ3) is 3.22. The van der Waals surface area contributed by atoms with Crippen molar-refractivity contribution in [1.29, 1.82) is 0 Å². The Hall–Kier alpha value is -3.27. The van der Waals surface area contributed by atoms with Gasteiger partial charge in [0.25, 0.3) is 0 Å². The van der Waals surface area contributed by atoms with E-state index in [9.17, 15) is 4.79 Å². The number of ether oxygens (including phenoxy) is 2. The van der Waals surface area contributed by atoms with E-state index in [0.717, 1.165) is 28.3 Å². The molecule has 3 aromatic rings. The molecule has 1 aliphatic rings. The van der Waals surface area contributed by atoms with Crippen molar-refractivity contribution in [3.8, 4) is 11.5 Å². The first-order valence-corrected chi connectivity index (χ1v) is 9.50. The molecule has 0 fully saturated rings. The molecule has 1 amide bonds. The molecule has 1 heterocycles. The van der Waals surface area contributed by atoms with Crippen molar-refractivity contribution in [1.82, 2.24) is 0 Å². The number of anilines is 2. The van der Waals surface area contributed by atoms with E-state index in [-0.39, 0.29) is 11.8 Å². The molecule has 0 radical (unpaired) electrons. The van der Waals surface area contributed by atoms with Crippen LogP contribution in [0.3, 0.4) is 0 Å². The molecule has 0 bridgehead atoms. The molecule has 4 rings (SSSR count). The van der Waals surface area contributed by atoms with Gasteiger partial charge in [-0.2, -0.15) is 0 Å². The van der Waals surface area contributed by atoms with E-state index in [1.54, 1.807) is 7.11 Å². The number of hydrogen-bond acceptors (Lipinski definition) is 3. The van der Waals surface area contributed by atoms with Crippen LogP contribution in [0.15, 0.2) is 72.8 Å². The van der Waals surface area contributed by atoms with Crippen LogP contribution in [0.25, 0.3) is 0 Å². The van der Waals surface area contributed by atoms with E-state index in [2.05, 4.69) is 0 Å². The highest BCUT2D eigenvalue weighted by Gasteiger charge is 2.37. The topological polar surface area (TPSA) is 38.8 Å². The second-order valence-electron chi connectivity index (χ2n) is 6.74. The number of carbonyl (C=O) groups is 1. The summed E-state index contributed by atoms with van der Waals surface area (Å²) in [4.78, 5) is 15.2. The van der Waals surface area contributed by atoms with E-state index in [4.69, 9.17) is 9.47 Å². The first-order valence-electron chi connectivity index (χ1n) is 9.50. The van der Waals surface area contributed by atoms with Crippen LogP contribution in [0.2, 0.25) is 0 Å². The summed E-state index contributed by atoms with van der Waals surface area (Å²) in [5, 5.41) is 0. The fourth-order valence-electron chi connectivity index (χ4n) is 3.78. The van der Waals surface area contributed by atoms with Crippen molar-refractivity contribution in [2.45, 2.75) is 19.3 Å². The Morgan fingerprint density at radius 3 is 2.43 bits per heavy atom. The van der Waals surface area contributed by atoms with E-state index >= 15 is 0 Å². The monoisotopic (exact) mass is 373 g/mol. The van der Waals surface area contributed by atoms with Gasteiger partial charge in [0.05, 0.1) is 25.3 Å². The van der Waals surface area contributed by atoms with Crippen molar-refractivity contribution in [3.63, 3.8) is 0 Å². The maximum absolute atomic E-state index is 13.4. The van der Waals surface area contributed by atoms with E-state index in [1.807, 2.05) is 84.6 Å². The summed E-state index contributed by atoms with van der Waals surface area (Å²) in [5.74, 6) is 1.29. The highest BCUT2D eigenvalue weighted by molar-refractivity contribution is 6.10. The van der Waals surface area contributed by atoms with Crippen LogP contribution >= 0.6 is 0 Å². The molecule has 0 aliphatic carbocycles. The molecular formula is C24H23NO3. The lowest BCUT2D eigenvalue weighted by Gasteiger charge is -2.18. The van der Waals surface area contributed by atoms with Gasteiger partial charge in [-0.25, -0.2) is 0 Å². The van der Waals surface area contributed by atoms with Gasteiger partial charge in [0.2, 0.25) is 5.91 Å². The van der Waals surface area contributed by atoms with Crippen molar-refractivity contribution < 1.29 is 14.3 Å². The van der Waals surface area contributed by atoms with Crippen molar-refractivity contribution in [2.24, 2.45) is 0 Å². The van der Waals surface area contributed by atoms with Gasteiger partial charge in [-0.3, -0.25) is 9.69 Å². The van der Waals surface area contributed by atoms with Gasteiger partial charge in [-0.15, -0.1) is 0 Å². The molecule has 0 spiro atoms. The average molecular weight is 373 g/mol. The molecule has 4 nitrogen and oxygen atoms in total. The third-order valence-corrected chi connectivity index (χ3v) is 5.05. The molecule has 0 aromatic heterocycles. The fourth-order valence-corrected chi connectivity index (χ4v) is 3.78. The number of rotatable bonds is 6. The lowest BCUT2D eigenvalue weighted by molar-refractivity contribution is -0.118. The summed E-state index contributed by atoms with van der Waals surface area (Å²) < 4.78 is 11.1. The number of para-hydroxylation sites is 2. The fraction of sp³-hybridized carbons (Fsp3) is 0.208. The third-order valence-electron chi connectivity index (χ3n) is 5.05. The zero-order valence-corrected chi connectivity index (χ0v) is 16.1. The summed E-state index contributed by atoms with van der Waals surface area (Å²) in [6, 6.07) is 23.7. The van der Waals surface area contributed by atoms with Crippen LogP contribution < -0.4 is 14.4 Å². The molecule has 1 aliphatic heterocycles. The van der Waals surface area contributed by atoms with Crippen LogP contribution in [0.1, 0.15) is 24.0 Å². The van der Waals surface area contributed by atoms with Crippen molar-refractivity contribution in [2.75, 3.05) is 18.6 Å². The van der Waals surface area contributed by atoms with E-state index in [0.29, 0.717) is 18.8 Å². The summed E-state index contributed by atoms with van der Waals surface area (Å²) in [7, 11) is 1.63. The molecule has 1 unspecified atom stereocenters. The number of nitrogens with zero attached hydrogens (tertiary/aromatic N) is 1. The van der Waals surface area contributed by atoms with Gasteiger partial charge in [0.15, 0.2) is 11.5 Å². The van der Waals surface area contributed by atoms with Gasteiger partial charge < -0.3 is 9.47 Å². The highest BCUT2D eigenvalue weighted by atomic mass is 16.5. The number of hydrogen-bond donors (Lipinski definition) is 0. The SMILES string of the molecule is CCOc1ccc(CC2C(=O)N(c3ccccc3)c3ccccc32)cc1OC. The normalized spacial score (nSPS) is 15.4. The zero-order chi connectivity index (χ0) is 19.5. The molecule has 0 saturated carbocycles. The molecule has 28 heavy (non-hydrogen) atoms. The van der Waals surface area contributed by atoms with Crippen LogP contribution in [-0.2, 0) is 11.2 Å². The standard InChI is InChI=1S/C24H23NO3/c1-3-28-22-14-13-17(16-23(22)27-2)15-20-19-11-7-8-12-21(19)25(24(20)26)18-9-5-4-6-10-18/h4-14,16,20H,3,15H2,1-2H3. The second-order valence-corrected chi connectivity index (χ2v) is 6.74. The molecule has 142 valence electrons. The quantitative estimate of drug-likeness (QED) is 0.603. The molecule has 1 atom stereocenters. The Morgan fingerprint density at radius 1 is 0.929 bits per heavy atom. The number of carbonyl (C=O) groups excluding carboxylic acids is 1. The van der Waals surface area contributed by atoms with E-state index in [1.165, 1.54) is 0 Å². The smallest absolute Gasteiger partial charge is 0.239 e. The lowest BCUT2D eigenvalue weighted by Crippen LogP contribution is -2.24. The minimum atomic E-state index is -0.223. The second kappa shape index (κ2) is 7.77. The first kappa shape index (κ1) is 18.1. The molecule has 4 heteroatoms. The van der Waals surface area contributed by atoms with Gasteiger partial charge in [0.1, 0.15) is 0 Å². The molecule has 0 saturated heterocycles. The predicted molar refractivity (Wildman–Crippen MR) is 111 cm³/mol. The Kier molecular flexibility index (Phi) is 5.02. The number of fused-ring (bicyclic) bond motifs is 1. The van der Waals surface area contributed by atoms with Crippen LogP contribution in [-0.4, -0.2) is 19.6 Å². The Bertz CT molecular complexity index is 984. The summed E-state index contributed by atoms with van der Waals surface area (Å²) in [6.07, 6.45) is 0.613.